The molecule has 1 saturated heterocycles. The number of carbonyl (C=O) groups is 3. The Labute approximate surface area is 231 Å². The third-order valence-corrected chi connectivity index (χ3v) is 7.73. The van der Waals surface area contributed by atoms with Crippen molar-refractivity contribution in [1.29, 1.82) is 0 Å². The van der Waals surface area contributed by atoms with E-state index in [1.807, 2.05) is 7.05 Å². The zero-order valence-electron chi connectivity index (χ0n) is 21.2. The van der Waals surface area contributed by atoms with E-state index in [0.717, 1.165) is 35.6 Å². The highest BCUT2D eigenvalue weighted by Gasteiger charge is 2.56. The van der Waals surface area contributed by atoms with E-state index in [4.69, 9.17) is 10.6 Å². The van der Waals surface area contributed by atoms with Gasteiger partial charge in [-0.3, -0.25) is 14.1 Å². The average Bonchev–Trinajstić information content (AvgIpc) is 3.36. The number of thiazole rings is 1. The minimum Gasteiger partial charge on any atom is -0.478 e. The molecule has 18 nitrogen and oxygen atoms in total. The normalized spacial score (nSPS) is 20.2. The molecule has 20 heteroatoms. The number of nitrogens with two attached hydrogens (primary N) is 1. The Kier molecular flexibility index (Phi) is 8.63. The number of nitrogen functional groups attached to an aromatic ring is 1. The zero-order valence-corrected chi connectivity index (χ0v) is 22.8. The number of nitrogens with one attached hydrogen (secondary N) is 3. The lowest BCUT2D eigenvalue weighted by Crippen LogP contribution is -2.73. The summed E-state index contributed by atoms with van der Waals surface area (Å²) >= 11 is 0.981. The van der Waals surface area contributed by atoms with Crippen LogP contribution < -0.4 is 21.7 Å². The van der Waals surface area contributed by atoms with Gasteiger partial charge < -0.3 is 31.6 Å². The first-order chi connectivity index (χ1) is 18.9. The molecule has 0 spiro atoms. The van der Waals surface area contributed by atoms with Crippen LogP contribution >= 0.6 is 11.3 Å². The quantitative estimate of drug-likeness (QED) is 0.0408. The standard InChI is InChI=1S/C20H28N10O8S2/c1-22-5-2-6-23-7-11-8-24-29(27-11)9-13-15(17(32)30(13)40(35,36)37)26-16(31)14(12-10-39-19(21)25-12)28-38-20(3-4-20)18(33)34/h8,10,13,15,22-23H,2-7,9H2,1H3,(H2,21,25)(H,26,31)(H,33,34)(H,35,36,37)/b28-14-/t13-,15?/m0/s1. The SMILES string of the molecule is CNCCCNCc1cnn(C[C@H]2C(NC(=O)/C(=N\OC3(C(=O)O)CC3)c3csc(N)n3)C(=O)N2S(=O)(=O)O)n1. The van der Waals surface area contributed by atoms with E-state index in [0.29, 0.717) is 12.2 Å². The number of hydrogen-bond acceptors (Lipinski definition) is 14. The van der Waals surface area contributed by atoms with Gasteiger partial charge in [0.25, 0.3) is 11.8 Å². The number of oxime groups is 1. The van der Waals surface area contributed by atoms with Crippen LogP contribution in [0.25, 0.3) is 0 Å². The van der Waals surface area contributed by atoms with E-state index in [9.17, 15) is 32.5 Å². The van der Waals surface area contributed by atoms with Gasteiger partial charge in [-0.25, -0.2) is 14.1 Å². The van der Waals surface area contributed by atoms with Crippen molar-refractivity contribution >= 4 is 50.3 Å². The van der Waals surface area contributed by atoms with Crippen molar-refractivity contribution in [2.45, 2.75) is 50.0 Å². The number of aromatic nitrogens is 4. The number of carboxylic acid groups (broad SMARTS) is 1. The molecule has 1 aliphatic heterocycles. The van der Waals surface area contributed by atoms with Crippen LogP contribution in [0.15, 0.2) is 16.7 Å². The monoisotopic (exact) mass is 600 g/mol. The Morgan fingerprint density at radius 3 is 2.70 bits per heavy atom. The molecule has 1 saturated carbocycles. The Hall–Kier alpha value is -3.72. The van der Waals surface area contributed by atoms with E-state index >= 15 is 0 Å². The molecule has 2 fully saturated rings. The maximum atomic E-state index is 13.2. The fraction of sp³-hybridized carbons (Fsp3) is 0.550. The van der Waals surface area contributed by atoms with Crippen LogP contribution in [0, 0.1) is 0 Å². The Balaban J connectivity index is 1.49. The number of amides is 2. The van der Waals surface area contributed by atoms with Crippen molar-refractivity contribution in [3.63, 3.8) is 0 Å². The third-order valence-electron chi connectivity index (χ3n) is 6.11. The second-order valence-corrected chi connectivity index (χ2v) is 11.2. The molecule has 0 radical (unpaired) electrons. The van der Waals surface area contributed by atoms with Crippen molar-refractivity contribution in [1.82, 2.24) is 40.2 Å². The Bertz CT molecular complexity index is 1400. The smallest absolute Gasteiger partial charge is 0.362 e. The molecule has 0 aromatic carbocycles. The maximum Gasteiger partial charge on any atom is 0.362 e. The fourth-order valence-corrected chi connectivity index (χ4v) is 5.24. The predicted molar refractivity (Wildman–Crippen MR) is 138 cm³/mol. The van der Waals surface area contributed by atoms with E-state index < -0.39 is 51.5 Å². The van der Waals surface area contributed by atoms with Crippen LogP contribution in [-0.2, 0) is 42.6 Å². The van der Waals surface area contributed by atoms with Crippen LogP contribution in [0.5, 0.6) is 0 Å². The molecular formula is C20H28N10O8S2. The third kappa shape index (κ3) is 6.53. The number of carboxylic acids is 1. The van der Waals surface area contributed by atoms with Gasteiger partial charge in [0.15, 0.2) is 10.8 Å². The molecule has 1 aliphatic carbocycles. The van der Waals surface area contributed by atoms with E-state index in [2.05, 4.69) is 36.3 Å². The number of nitrogens with zero attached hydrogens (tertiary/aromatic N) is 6. The van der Waals surface area contributed by atoms with Crippen molar-refractivity contribution in [3.8, 4) is 0 Å². The van der Waals surface area contributed by atoms with Gasteiger partial charge in [-0.1, -0.05) is 5.16 Å². The number of β-lactam (4-membered cyclic amide) rings is 1. The van der Waals surface area contributed by atoms with Gasteiger partial charge in [-0.05, 0) is 26.6 Å². The summed E-state index contributed by atoms with van der Waals surface area (Å²) in [6.07, 6.45) is 2.70. The summed E-state index contributed by atoms with van der Waals surface area (Å²) in [5.41, 5.74) is 4.11. The Morgan fingerprint density at radius 2 is 2.10 bits per heavy atom. The number of carbonyl (C=O) groups excluding carboxylic acids is 2. The van der Waals surface area contributed by atoms with Crippen molar-refractivity contribution in [2.75, 3.05) is 25.9 Å². The lowest BCUT2D eigenvalue weighted by molar-refractivity contribution is -0.153. The first-order valence-corrected chi connectivity index (χ1v) is 14.3. The highest BCUT2D eigenvalue weighted by molar-refractivity contribution is 7.84. The summed E-state index contributed by atoms with van der Waals surface area (Å²) in [6, 6.07) is -2.72. The second-order valence-electron chi connectivity index (χ2n) is 9.06. The van der Waals surface area contributed by atoms with Gasteiger partial charge in [-0.15, -0.1) is 11.3 Å². The van der Waals surface area contributed by atoms with Gasteiger partial charge >= 0.3 is 16.3 Å². The molecule has 2 aliphatic rings. The first kappa shape index (κ1) is 29.3. The zero-order chi connectivity index (χ0) is 29.1. The number of hydrogen-bond donors (Lipinski definition) is 6. The molecule has 4 rings (SSSR count). The molecule has 2 aromatic heterocycles. The molecule has 3 heterocycles. The topological polar surface area (TPSA) is 256 Å². The van der Waals surface area contributed by atoms with E-state index in [-0.39, 0.29) is 34.5 Å². The predicted octanol–water partition coefficient (Wildman–Crippen LogP) is -2.45. The number of anilines is 1. The van der Waals surface area contributed by atoms with Gasteiger partial charge in [0, 0.05) is 24.8 Å². The largest absolute Gasteiger partial charge is 0.478 e. The van der Waals surface area contributed by atoms with Gasteiger partial charge in [-0.2, -0.15) is 23.4 Å². The highest BCUT2D eigenvalue weighted by Crippen LogP contribution is 2.40. The van der Waals surface area contributed by atoms with Crippen molar-refractivity contribution in [3.05, 3.63) is 23.0 Å². The lowest BCUT2D eigenvalue weighted by Gasteiger charge is -2.43. The summed E-state index contributed by atoms with van der Waals surface area (Å²) in [7, 11) is -3.12. The Morgan fingerprint density at radius 1 is 1.35 bits per heavy atom. The molecular weight excluding hydrogens is 572 g/mol. The van der Waals surface area contributed by atoms with Crippen molar-refractivity contribution < 1.29 is 37.3 Å². The van der Waals surface area contributed by atoms with Crippen LogP contribution in [-0.4, -0.2) is 104 Å². The summed E-state index contributed by atoms with van der Waals surface area (Å²) in [4.78, 5) is 47.6. The first-order valence-electron chi connectivity index (χ1n) is 12.0. The van der Waals surface area contributed by atoms with Gasteiger partial charge in [0.1, 0.15) is 17.8 Å². The van der Waals surface area contributed by atoms with Gasteiger partial charge in [0.2, 0.25) is 5.60 Å². The minimum atomic E-state index is -4.97. The van der Waals surface area contributed by atoms with Crippen LogP contribution in [0.4, 0.5) is 5.13 Å². The van der Waals surface area contributed by atoms with Crippen LogP contribution in [0.2, 0.25) is 0 Å². The van der Waals surface area contributed by atoms with Crippen molar-refractivity contribution in [2.24, 2.45) is 5.16 Å². The maximum absolute atomic E-state index is 13.2. The molecule has 40 heavy (non-hydrogen) atoms. The van der Waals surface area contributed by atoms with E-state index in [1.54, 1.807) is 0 Å². The molecule has 7 N–H and O–H groups in total. The second kappa shape index (κ2) is 11.8. The molecule has 2 aromatic rings. The van der Waals surface area contributed by atoms with Crippen LogP contribution in [0.1, 0.15) is 30.7 Å². The lowest BCUT2D eigenvalue weighted by atomic mass is 9.98. The highest BCUT2D eigenvalue weighted by atomic mass is 32.2. The summed E-state index contributed by atoms with van der Waals surface area (Å²) in [5, 5.41) is 31.4. The van der Waals surface area contributed by atoms with Gasteiger partial charge in [0.05, 0.1) is 18.4 Å². The molecule has 1 unspecified atom stereocenters. The summed E-state index contributed by atoms with van der Waals surface area (Å²) < 4.78 is 33.6. The van der Waals surface area contributed by atoms with Crippen LogP contribution in [0.3, 0.4) is 0 Å². The molecule has 218 valence electrons. The summed E-state index contributed by atoms with van der Waals surface area (Å²) in [6.45, 7) is 1.67. The molecule has 2 atom stereocenters. The minimum absolute atomic E-state index is 0.0447. The summed E-state index contributed by atoms with van der Waals surface area (Å²) in [5.74, 6) is -3.38. The number of rotatable bonds is 15. The van der Waals surface area contributed by atoms with E-state index in [1.165, 1.54) is 11.6 Å². The molecule has 0 bridgehead atoms. The number of aliphatic carboxylic acids is 1. The fourth-order valence-electron chi connectivity index (χ4n) is 3.82. The molecule has 2 amide bonds. The average molecular weight is 601 g/mol.